The Kier molecular flexibility index (Phi) is 3.55. The summed E-state index contributed by atoms with van der Waals surface area (Å²) in [5, 5.41) is 2.89. The van der Waals surface area contributed by atoms with Crippen molar-refractivity contribution >= 4 is 5.95 Å². The molecule has 0 saturated carbocycles. The van der Waals surface area contributed by atoms with Crippen LogP contribution in [0.4, 0.5) is 5.95 Å². The van der Waals surface area contributed by atoms with Crippen LogP contribution in [-0.4, -0.2) is 17.0 Å². The Morgan fingerprint density at radius 2 is 2.00 bits per heavy atom. The highest BCUT2D eigenvalue weighted by Gasteiger charge is 2.04. The number of aromatic nitrogens is 2. The lowest BCUT2D eigenvalue weighted by Crippen LogP contribution is -2.03. The third kappa shape index (κ3) is 2.93. The molecule has 1 aromatic carbocycles. The summed E-state index contributed by atoms with van der Waals surface area (Å²) in [6, 6.07) is 10.0. The van der Waals surface area contributed by atoms with Gasteiger partial charge in [0.05, 0.1) is 0 Å². The van der Waals surface area contributed by atoms with Gasteiger partial charge < -0.3 is 10.1 Å². The second-order valence-corrected chi connectivity index (χ2v) is 3.71. The van der Waals surface area contributed by atoms with E-state index in [2.05, 4.69) is 15.3 Å². The molecule has 0 saturated heterocycles. The number of rotatable bonds is 4. The molecule has 0 unspecified atom stereocenters. The van der Waals surface area contributed by atoms with Crippen LogP contribution in [0.2, 0.25) is 0 Å². The van der Waals surface area contributed by atoms with Gasteiger partial charge >= 0.3 is 0 Å². The van der Waals surface area contributed by atoms with E-state index < -0.39 is 0 Å². The summed E-state index contributed by atoms with van der Waals surface area (Å²) in [4.78, 5) is 8.37. The maximum absolute atomic E-state index is 5.67. The van der Waals surface area contributed by atoms with Gasteiger partial charge in [-0.1, -0.05) is 30.3 Å². The summed E-state index contributed by atoms with van der Waals surface area (Å²) < 4.78 is 5.67. The number of hydrogen-bond acceptors (Lipinski definition) is 4. The average Bonchev–Trinajstić information content (AvgIpc) is 2.39. The minimum absolute atomic E-state index is 0.516. The molecule has 17 heavy (non-hydrogen) atoms. The molecule has 0 amide bonds. The number of hydrogen-bond donors (Lipinski definition) is 1. The van der Waals surface area contributed by atoms with Gasteiger partial charge in [-0.3, -0.25) is 0 Å². The smallest absolute Gasteiger partial charge is 0.225 e. The Balaban J connectivity index is 2.08. The van der Waals surface area contributed by atoms with Gasteiger partial charge in [0.25, 0.3) is 0 Å². The van der Waals surface area contributed by atoms with E-state index in [1.807, 2.05) is 37.3 Å². The Morgan fingerprint density at radius 3 is 2.71 bits per heavy atom. The number of anilines is 1. The quantitative estimate of drug-likeness (QED) is 0.874. The number of nitrogens with one attached hydrogen (secondary N) is 1. The third-order valence-corrected chi connectivity index (χ3v) is 2.37. The Labute approximate surface area is 101 Å². The molecule has 0 fully saturated rings. The van der Waals surface area contributed by atoms with Crippen LogP contribution in [0.1, 0.15) is 11.1 Å². The molecule has 2 aromatic rings. The molecule has 0 aliphatic rings. The van der Waals surface area contributed by atoms with E-state index in [9.17, 15) is 0 Å². The minimum atomic E-state index is 0.516. The van der Waals surface area contributed by atoms with Crippen molar-refractivity contribution < 1.29 is 4.74 Å². The fourth-order valence-corrected chi connectivity index (χ4v) is 1.42. The lowest BCUT2D eigenvalue weighted by atomic mass is 10.2. The highest BCUT2D eigenvalue weighted by atomic mass is 16.5. The van der Waals surface area contributed by atoms with Gasteiger partial charge in [0.2, 0.25) is 11.8 Å². The average molecular weight is 229 g/mol. The second kappa shape index (κ2) is 5.30. The number of ether oxygens (including phenoxy) is 1. The van der Waals surface area contributed by atoms with Crippen LogP contribution in [-0.2, 0) is 6.61 Å². The molecule has 88 valence electrons. The molecule has 2 rings (SSSR count). The van der Waals surface area contributed by atoms with Crippen LogP contribution in [0.25, 0.3) is 0 Å². The van der Waals surface area contributed by atoms with E-state index in [-0.39, 0.29) is 0 Å². The van der Waals surface area contributed by atoms with Crippen LogP contribution in [0, 0.1) is 6.92 Å². The number of aryl methyl sites for hydroxylation is 1. The van der Waals surface area contributed by atoms with E-state index in [0.29, 0.717) is 18.4 Å². The van der Waals surface area contributed by atoms with Gasteiger partial charge in [0.1, 0.15) is 6.61 Å². The lowest BCUT2D eigenvalue weighted by Gasteiger charge is -2.08. The summed E-state index contributed by atoms with van der Waals surface area (Å²) in [5.41, 5.74) is 2.05. The standard InChI is InChI=1S/C13H15N3O/c1-10-8-15-13(14-2)16-12(10)17-9-11-6-4-3-5-7-11/h3-8H,9H2,1-2H3,(H,14,15,16). The van der Waals surface area contributed by atoms with Crippen molar-refractivity contribution in [2.75, 3.05) is 12.4 Å². The van der Waals surface area contributed by atoms with E-state index in [0.717, 1.165) is 11.1 Å². The molecular formula is C13H15N3O. The van der Waals surface area contributed by atoms with E-state index in [1.165, 1.54) is 0 Å². The molecule has 1 N–H and O–H groups in total. The first-order chi connectivity index (χ1) is 8.29. The SMILES string of the molecule is CNc1ncc(C)c(OCc2ccccc2)n1. The van der Waals surface area contributed by atoms with Gasteiger partial charge in [-0.2, -0.15) is 4.98 Å². The van der Waals surface area contributed by atoms with Crippen LogP contribution >= 0.6 is 0 Å². The minimum Gasteiger partial charge on any atom is -0.472 e. The van der Waals surface area contributed by atoms with E-state index in [1.54, 1.807) is 13.2 Å². The fourth-order valence-electron chi connectivity index (χ4n) is 1.42. The molecule has 0 aliphatic heterocycles. The molecule has 0 spiro atoms. The van der Waals surface area contributed by atoms with Gasteiger partial charge in [-0.05, 0) is 12.5 Å². The Hall–Kier alpha value is -2.10. The molecule has 1 heterocycles. The highest BCUT2D eigenvalue weighted by molar-refractivity contribution is 5.32. The first-order valence-corrected chi connectivity index (χ1v) is 5.47. The molecule has 1 aromatic heterocycles. The highest BCUT2D eigenvalue weighted by Crippen LogP contribution is 2.16. The summed E-state index contributed by atoms with van der Waals surface area (Å²) in [5.74, 6) is 1.19. The largest absolute Gasteiger partial charge is 0.472 e. The van der Waals surface area contributed by atoms with Gasteiger partial charge in [-0.15, -0.1) is 0 Å². The van der Waals surface area contributed by atoms with E-state index >= 15 is 0 Å². The van der Waals surface area contributed by atoms with Gasteiger partial charge in [-0.25, -0.2) is 4.98 Å². The molecule has 0 atom stereocenters. The third-order valence-electron chi connectivity index (χ3n) is 2.37. The molecule has 0 aliphatic carbocycles. The zero-order valence-corrected chi connectivity index (χ0v) is 9.97. The maximum atomic E-state index is 5.67. The molecule has 4 nitrogen and oxygen atoms in total. The summed E-state index contributed by atoms with van der Waals surface area (Å²) in [6.07, 6.45) is 1.75. The van der Waals surface area contributed by atoms with Crippen molar-refractivity contribution in [3.63, 3.8) is 0 Å². The predicted octanol–water partition coefficient (Wildman–Crippen LogP) is 2.41. The van der Waals surface area contributed by atoms with Crippen LogP contribution in [0.5, 0.6) is 5.88 Å². The molecule has 0 radical (unpaired) electrons. The van der Waals surface area contributed by atoms with Gasteiger partial charge in [0.15, 0.2) is 0 Å². The van der Waals surface area contributed by atoms with E-state index in [4.69, 9.17) is 4.74 Å². The zero-order chi connectivity index (χ0) is 12.1. The second-order valence-electron chi connectivity index (χ2n) is 3.71. The van der Waals surface area contributed by atoms with Crippen LogP contribution in [0.3, 0.4) is 0 Å². The van der Waals surface area contributed by atoms with Crippen molar-refractivity contribution in [3.05, 3.63) is 47.7 Å². The monoisotopic (exact) mass is 229 g/mol. The maximum Gasteiger partial charge on any atom is 0.225 e. The fraction of sp³-hybridized carbons (Fsp3) is 0.231. The molecule has 4 heteroatoms. The Bertz CT molecular complexity index is 485. The van der Waals surface area contributed by atoms with Crippen LogP contribution in [0.15, 0.2) is 36.5 Å². The summed E-state index contributed by atoms with van der Waals surface area (Å²) in [6.45, 7) is 2.45. The van der Waals surface area contributed by atoms with Crippen molar-refractivity contribution in [3.8, 4) is 5.88 Å². The molecule has 0 bridgehead atoms. The normalized spacial score (nSPS) is 10.0. The number of benzene rings is 1. The Morgan fingerprint density at radius 1 is 1.24 bits per heavy atom. The van der Waals surface area contributed by atoms with Crippen molar-refractivity contribution in [2.45, 2.75) is 13.5 Å². The van der Waals surface area contributed by atoms with Gasteiger partial charge in [0, 0.05) is 18.8 Å². The van der Waals surface area contributed by atoms with Crippen molar-refractivity contribution in [2.24, 2.45) is 0 Å². The summed E-state index contributed by atoms with van der Waals surface area (Å²) in [7, 11) is 1.78. The topological polar surface area (TPSA) is 47.0 Å². The first kappa shape index (κ1) is 11.4. The van der Waals surface area contributed by atoms with Crippen molar-refractivity contribution in [1.82, 2.24) is 9.97 Å². The first-order valence-electron chi connectivity index (χ1n) is 5.47. The number of nitrogens with zero attached hydrogens (tertiary/aromatic N) is 2. The molecular weight excluding hydrogens is 214 g/mol. The summed E-state index contributed by atoms with van der Waals surface area (Å²) >= 11 is 0. The van der Waals surface area contributed by atoms with Crippen LogP contribution < -0.4 is 10.1 Å². The predicted molar refractivity (Wildman–Crippen MR) is 67.1 cm³/mol. The van der Waals surface area contributed by atoms with Crippen molar-refractivity contribution in [1.29, 1.82) is 0 Å². The lowest BCUT2D eigenvalue weighted by molar-refractivity contribution is 0.291. The zero-order valence-electron chi connectivity index (χ0n) is 9.97.